The highest BCUT2D eigenvalue weighted by molar-refractivity contribution is 9.10. The van der Waals surface area contributed by atoms with Gasteiger partial charge in [0.15, 0.2) is 0 Å². The van der Waals surface area contributed by atoms with Gasteiger partial charge in [0.2, 0.25) is 5.91 Å². The summed E-state index contributed by atoms with van der Waals surface area (Å²) in [7, 11) is 0. The number of rotatable bonds is 2. The van der Waals surface area contributed by atoms with Gasteiger partial charge in [-0.25, -0.2) is 0 Å². The SMILES string of the molecule is O=C(O)C1CCN(c2ccc(Br)c(Cl)c2)C1=O. The molecule has 0 saturated carbocycles. The summed E-state index contributed by atoms with van der Waals surface area (Å²) >= 11 is 9.20. The van der Waals surface area contributed by atoms with Crippen molar-refractivity contribution in [2.75, 3.05) is 11.4 Å². The Morgan fingerprint density at radius 1 is 1.53 bits per heavy atom. The number of carboxylic acid groups (broad SMARTS) is 1. The summed E-state index contributed by atoms with van der Waals surface area (Å²) in [4.78, 5) is 24.1. The van der Waals surface area contributed by atoms with Crippen molar-refractivity contribution in [2.24, 2.45) is 5.92 Å². The third-order valence-electron chi connectivity index (χ3n) is 2.72. The average Bonchev–Trinajstić information content (AvgIpc) is 2.64. The number of nitrogens with zero attached hydrogens (tertiary/aromatic N) is 1. The van der Waals surface area contributed by atoms with E-state index >= 15 is 0 Å². The first-order chi connectivity index (χ1) is 8.00. The summed E-state index contributed by atoms with van der Waals surface area (Å²) in [6, 6.07) is 5.12. The number of halogens is 2. The first-order valence-corrected chi connectivity index (χ1v) is 6.17. The van der Waals surface area contributed by atoms with Crippen LogP contribution in [0.3, 0.4) is 0 Å². The van der Waals surface area contributed by atoms with Crippen molar-refractivity contribution in [2.45, 2.75) is 6.42 Å². The molecule has 6 heteroatoms. The van der Waals surface area contributed by atoms with Gasteiger partial charge in [-0.15, -0.1) is 0 Å². The first-order valence-electron chi connectivity index (χ1n) is 5.00. The van der Waals surface area contributed by atoms with Crippen LogP contribution >= 0.6 is 27.5 Å². The van der Waals surface area contributed by atoms with Crippen LogP contribution in [0.5, 0.6) is 0 Å². The molecule has 1 amide bonds. The standard InChI is InChI=1S/C11H9BrClNO3/c12-8-2-1-6(5-9(8)13)14-4-3-7(10(14)15)11(16)17/h1-2,5,7H,3-4H2,(H,16,17). The van der Waals surface area contributed by atoms with Gasteiger partial charge < -0.3 is 10.0 Å². The zero-order valence-corrected chi connectivity index (χ0v) is 11.0. The topological polar surface area (TPSA) is 57.6 Å². The molecule has 0 bridgehead atoms. The quantitative estimate of drug-likeness (QED) is 0.853. The van der Waals surface area contributed by atoms with Gasteiger partial charge in [0, 0.05) is 16.7 Å². The smallest absolute Gasteiger partial charge is 0.316 e. The molecule has 1 heterocycles. The molecule has 1 saturated heterocycles. The lowest BCUT2D eigenvalue weighted by Gasteiger charge is -2.16. The van der Waals surface area contributed by atoms with Gasteiger partial charge in [-0.2, -0.15) is 0 Å². The Kier molecular flexibility index (Phi) is 3.40. The van der Waals surface area contributed by atoms with Crippen LogP contribution in [0.1, 0.15) is 6.42 Å². The van der Waals surface area contributed by atoms with E-state index in [4.69, 9.17) is 16.7 Å². The second-order valence-corrected chi connectivity index (χ2v) is 5.03. The van der Waals surface area contributed by atoms with Crippen molar-refractivity contribution in [1.29, 1.82) is 0 Å². The molecule has 2 rings (SSSR count). The maximum atomic E-state index is 11.8. The van der Waals surface area contributed by atoms with Gasteiger partial charge in [-0.05, 0) is 40.5 Å². The lowest BCUT2D eigenvalue weighted by molar-refractivity contribution is -0.144. The molecule has 1 aromatic rings. The molecule has 17 heavy (non-hydrogen) atoms. The van der Waals surface area contributed by atoms with Crippen molar-refractivity contribution in [3.63, 3.8) is 0 Å². The molecule has 1 aromatic carbocycles. The van der Waals surface area contributed by atoms with Gasteiger partial charge in [-0.3, -0.25) is 9.59 Å². The molecule has 1 atom stereocenters. The summed E-state index contributed by atoms with van der Waals surface area (Å²) in [5.41, 5.74) is 0.631. The van der Waals surface area contributed by atoms with E-state index in [9.17, 15) is 9.59 Å². The molecule has 1 fully saturated rings. The number of amides is 1. The molecule has 1 aliphatic rings. The Bertz CT molecular complexity index is 492. The number of hydrogen-bond donors (Lipinski definition) is 1. The minimum atomic E-state index is -1.07. The predicted octanol–water partition coefficient (Wildman–Crippen LogP) is 2.54. The predicted molar refractivity (Wildman–Crippen MR) is 67.2 cm³/mol. The van der Waals surface area contributed by atoms with Gasteiger partial charge in [0.25, 0.3) is 0 Å². The fraction of sp³-hybridized carbons (Fsp3) is 0.273. The van der Waals surface area contributed by atoms with E-state index in [0.717, 1.165) is 4.47 Å². The van der Waals surface area contributed by atoms with Crippen LogP contribution in [0, 0.1) is 5.92 Å². The van der Waals surface area contributed by atoms with Crippen LogP contribution in [0.4, 0.5) is 5.69 Å². The minimum absolute atomic E-state index is 0.335. The number of aliphatic carboxylic acids is 1. The van der Waals surface area contributed by atoms with Crippen molar-refractivity contribution in [3.8, 4) is 0 Å². The fourth-order valence-electron chi connectivity index (χ4n) is 1.82. The molecule has 1 aliphatic heterocycles. The van der Waals surface area contributed by atoms with E-state index in [0.29, 0.717) is 23.7 Å². The van der Waals surface area contributed by atoms with Crippen LogP contribution in [-0.2, 0) is 9.59 Å². The second kappa shape index (κ2) is 4.66. The Labute approximate surface area is 111 Å². The van der Waals surface area contributed by atoms with Gasteiger partial charge in [0.05, 0.1) is 5.02 Å². The minimum Gasteiger partial charge on any atom is -0.481 e. The summed E-state index contributed by atoms with van der Waals surface area (Å²) < 4.78 is 0.740. The third-order valence-corrected chi connectivity index (χ3v) is 3.95. The lowest BCUT2D eigenvalue weighted by atomic mass is 10.1. The highest BCUT2D eigenvalue weighted by atomic mass is 79.9. The molecule has 1 N–H and O–H groups in total. The number of carbonyl (C=O) groups is 2. The average molecular weight is 319 g/mol. The number of carboxylic acids is 1. The Morgan fingerprint density at radius 3 is 2.76 bits per heavy atom. The third kappa shape index (κ3) is 2.30. The maximum absolute atomic E-state index is 11.8. The van der Waals surface area contributed by atoms with Crippen LogP contribution in [0.25, 0.3) is 0 Å². The summed E-state index contributed by atoms with van der Waals surface area (Å²) in [5, 5.41) is 9.36. The molecule has 4 nitrogen and oxygen atoms in total. The first kappa shape index (κ1) is 12.4. The van der Waals surface area contributed by atoms with E-state index < -0.39 is 11.9 Å². The zero-order chi connectivity index (χ0) is 12.6. The number of carbonyl (C=O) groups excluding carboxylic acids is 1. The van der Waals surface area contributed by atoms with E-state index in [-0.39, 0.29) is 5.91 Å². The van der Waals surface area contributed by atoms with Crippen molar-refractivity contribution < 1.29 is 14.7 Å². The van der Waals surface area contributed by atoms with Crippen LogP contribution in [0.15, 0.2) is 22.7 Å². The molecular weight excluding hydrogens is 309 g/mol. The normalized spacial score (nSPS) is 19.8. The second-order valence-electron chi connectivity index (χ2n) is 3.77. The molecule has 0 aliphatic carbocycles. The largest absolute Gasteiger partial charge is 0.481 e. The monoisotopic (exact) mass is 317 g/mol. The summed E-state index contributed by atoms with van der Waals surface area (Å²) in [5.74, 6) is -2.38. The van der Waals surface area contributed by atoms with Crippen LogP contribution in [0.2, 0.25) is 5.02 Å². The van der Waals surface area contributed by atoms with Crippen LogP contribution < -0.4 is 4.90 Å². The fourth-order valence-corrected chi connectivity index (χ4v) is 2.24. The zero-order valence-electron chi connectivity index (χ0n) is 8.69. The Balaban J connectivity index is 2.27. The van der Waals surface area contributed by atoms with E-state index in [1.54, 1.807) is 18.2 Å². The van der Waals surface area contributed by atoms with E-state index in [1.807, 2.05) is 0 Å². The van der Waals surface area contributed by atoms with Crippen LogP contribution in [-0.4, -0.2) is 23.5 Å². The highest BCUT2D eigenvalue weighted by Crippen LogP contribution is 2.31. The van der Waals surface area contributed by atoms with Crippen molar-refractivity contribution >= 4 is 45.1 Å². The Morgan fingerprint density at radius 2 is 2.24 bits per heavy atom. The molecule has 0 spiro atoms. The highest BCUT2D eigenvalue weighted by Gasteiger charge is 2.37. The lowest BCUT2D eigenvalue weighted by Crippen LogP contribution is -2.30. The summed E-state index contributed by atoms with van der Waals surface area (Å²) in [6.07, 6.45) is 0.335. The van der Waals surface area contributed by atoms with E-state index in [1.165, 1.54) is 4.90 Å². The van der Waals surface area contributed by atoms with Gasteiger partial charge in [-0.1, -0.05) is 11.6 Å². The molecule has 1 unspecified atom stereocenters. The molecule has 0 aromatic heterocycles. The maximum Gasteiger partial charge on any atom is 0.316 e. The molecular formula is C11H9BrClNO3. The number of hydrogen-bond acceptors (Lipinski definition) is 2. The molecule has 0 radical (unpaired) electrons. The Hall–Kier alpha value is -1.07. The van der Waals surface area contributed by atoms with E-state index in [2.05, 4.69) is 15.9 Å². The van der Waals surface area contributed by atoms with Gasteiger partial charge >= 0.3 is 5.97 Å². The van der Waals surface area contributed by atoms with Crippen molar-refractivity contribution in [3.05, 3.63) is 27.7 Å². The summed E-state index contributed by atoms with van der Waals surface area (Å²) in [6.45, 7) is 0.410. The van der Waals surface area contributed by atoms with Gasteiger partial charge in [0.1, 0.15) is 5.92 Å². The molecule has 90 valence electrons. The van der Waals surface area contributed by atoms with Crippen molar-refractivity contribution in [1.82, 2.24) is 0 Å². The number of anilines is 1. The number of benzene rings is 1.